The van der Waals surface area contributed by atoms with E-state index in [9.17, 15) is 16.8 Å². The molecule has 1 aliphatic rings. The van der Waals surface area contributed by atoms with Gasteiger partial charge in [-0.25, -0.2) is 0 Å². The lowest BCUT2D eigenvalue weighted by Crippen LogP contribution is -2.48. The van der Waals surface area contributed by atoms with Crippen molar-refractivity contribution in [1.82, 2.24) is 0 Å². The van der Waals surface area contributed by atoms with E-state index in [1.54, 1.807) is 24.3 Å². The molecule has 0 saturated heterocycles. The van der Waals surface area contributed by atoms with E-state index < -0.39 is 46.9 Å². The quantitative estimate of drug-likeness (QED) is 0.304. The summed E-state index contributed by atoms with van der Waals surface area (Å²) in [6.45, 7) is 14.3. The van der Waals surface area contributed by atoms with Crippen molar-refractivity contribution in [3.63, 3.8) is 0 Å². The van der Waals surface area contributed by atoms with Crippen molar-refractivity contribution in [2.45, 2.75) is 100 Å². The second-order valence-corrected chi connectivity index (χ2v) is 19.1. The summed E-state index contributed by atoms with van der Waals surface area (Å²) < 4.78 is 69.8. The van der Waals surface area contributed by atoms with Crippen molar-refractivity contribution in [2.24, 2.45) is 0 Å². The fraction of sp³-hybridized carbons (Fsp3) is 0.538. The summed E-state index contributed by atoms with van der Waals surface area (Å²) in [5.41, 5.74) is 1.87. The van der Waals surface area contributed by atoms with E-state index in [0.717, 1.165) is 11.1 Å². The first-order valence-electron chi connectivity index (χ1n) is 12.2. The summed E-state index contributed by atoms with van der Waals surface area (Å²) in [6, 6.07) is 12.9. The minimum absolute atomic E-state index is 0.0604. The van der Waals surface area contributed by atoms with Crippen molar-refractivity contribution in [1.29, 1.82) is 0 Å². The lowest BCUT2D eigenvalue weighted by atomic mass is 9.93. The molecule has 1 fully saturated rings. The molecule has 0 aliphatic heterocycles. The van der Waals surface area contributed by atoms with E-state index in [2.05, 4.69) is 33.9 Å². The molecule has 0 aromatic heterocycles. The summed E-state index contributed by atoms with van der Waals surface area (Å²) in [7, 11) is -10.3. The Bertz CT molecular complexity index is 1160. The van der Waals surface area contributed by atoms with Gasteiger partial charge in [-0.1, -0.05) is 56.2 Å². The first kappa shape index (κ1) is 29.0. The van der Waals surface area contributed by atoms with E-state index in [-0.39, 0.29) is 21.3 Å². The van der Waals surface area contributed by atoms with Crippen LogP contribution in [0.2, 0.25) is 18.1 Å². The highest BCUT2D eigenvalue weighted by Crippen LogP contribution is 2.40. The van der Waals surface area contributed by atoms with Crippen LogP contribution in [0.3, 0.4) is 0 Å². The molecule has 0 bridgehead atoms. The van der Waals surface area contributed by atoms with Gasteiger partial charge in [0, 0.05) is 19.3 Å². The zero-order chi connectivity index (χ0) is 26.9. The molecule has 1 aliphatic carbocycles. The van der Waals surface area contributed by atoms with Crippen molar-refractivity contribution < 1.29 is 29.6 Å². The highest BCUT2D eigenvalue weighted by atomic mass is 32.2. The monoisotopic (exact) mass is 554 g/mol. The number of rotatable bonds is 8. The number of aryl methyl sites for hydroxylation is 2. The smallest absolute Gasteiger partial charge is 0.297 e. The SMILES string of the molecule is Cc1ccc(S(=O)(=O)O[C@@H]2CC(O[Si](C)(C)C(C)(C)C)C[C@H](OS(=O)(=O)c3ccc(C)cc3)C2)cc1. The Kier molecular flexibility index (Phi) is 8.59. The molecular formula is C26H38O7S2Si. The van der Waals surface area contributed by atoms with Crippen LogP contribution in [0.1, 0.15) is 51.2 Å². The first-order valence-corrected chi connectivity index (χ1v) is 17.9. The van der Waals surface area contributed by atoms with Crippen molar-refractivity contribution >= 4 is 28.6 Å². The lowest BCUT2D eigenvalue weighted by Gasteiger charge is -2.42. The van der Waals surface area contributed by atoms with Crippen LogP contribution >= 0.6 is 0 Å². The molecule has 1 saturated carbocycles. The Hall–Kier alpha value is -1.56. The van der Waals surface area contributed by atoms with E-state index in [1.165, 1.54) is 24.3 Å². The van der Waals surface area contributed by atoms with E-state index in [1.807, 2.05) is 13.8 Å². The van der Waals surface area contributed by atoms with Gasteiger partial charge < -0.3 is 4.43 Å². The highest BCUT2D eigenvalue weighted by molar-refractivity contribution is 7.87. The minimum atomic E-state index is -4.05. The highest BCUT2D eigenvalue weighted by Gasteiger charge is 2.43. The Morgan fingerprint density at radius 3 is 1.33 bits per heavy atom. The molecule has 3 rings (SSSR count). The topological polar surface area (TPSA) is 96.0 Å². The average molecular weight is 555 g/mol. The molecule has 0 heterocycles. The van der Waals surface area contributed by atoms with Crippen LogP contribution in [0.4, 0.5) is 0 Å². The van der Waals surface area contributed by atoms with Crippen LogP contribution < -0.4 is 0 Å². The normalized spacial score (nSPS) is 21.9. The molecular weight excluding hydrogens is 516 g/mol. The molecule has 36 heavy (non-hydrogen) atoms. The Balaban J connectivity index is 1.85. The maximum absolute atomic E-state index is 13.0. The fourth-order valence-corrected chi connectivity index (χ4v) is 7.47. The zero-order valence-corrected chi connectivity index (χ0v) is 24.8. The predicted octanol–water partition coefficient (Wildman–Crippen LogP) is 5.73. The molecule has 0 N–H and O–H groups in total. The van der Waals surface area contributed by atoms with Gasteiger partial charge in [0.05, 0.1) is 28.1 Å². The zero-order valence-electron chi connectivity index (χ0n) is 22.1. The van der Waals surface area contributed by atoms with E-state index >= 15 is 0 Å². The number of hydrogen-bond donors (Lipinski definition) is 0. The van der Waals surface area contributed by atoms with E-state index in [0.29, 0.717) is 12.8 Å². The first-order chi connectivity index (χ1) is 16.5. The summed E-state index contributed by atoms with van der Waals surface area (Å²) in [4.78, 5) is 0.121. The van der Waals surface area contributed by atoms with Crippen LogP contribution in [0, 0.1) is 13.8 Å². The van der Waals surface area contributed by atoms with Crippen LogP contribution in [0.15, 0.2) is 58.3 Å². The third-order valence-corrected chi connectivity index (χ3v) is 14.3. The van der Waals surface area contributed by atoms with Gasteiger partial charge in [0.2, 0.25) is 0 Å². The Morgan fingerprint density at radius 2 is 1.00 bits per heavy atom. The molecule has 200 valence electrons. The summed E-state index contributed by atoms with van der Waals surface area (Å²) in [5, 5.41) is -0.0703. The standard InChI is InChI=1S/C26H38O7S2Si/c1-19-8-12-24(13-9-19)34(27,28)31-21-16-22(18-23(17-21)33-36(6,7)26(3,4)5)32-35(29,30)25-14-10-20(2)11-15-25/h8-15,21-23H,16-18H2,1-7H3/t21-,22+,23?. The van der Waals surface area contributed by atoms with Gasteiger partial charge >= 0.3 is 0 Å². The Labute approximate surface area is 217 Å². The third-order valence-electron chi connectivity index (χ3n) is 6.99. The van der Waals surface area contributed by atoms with Crippen molar-refractivity contribution in [2.75, 3.05) is 0 Å². The van der Waals surface area contributed by atoms with Gasteiger partial charge in [-0.05, 0) is 56.2 Å². The van der Waals surface area contributed by atoms with Gasteiger partial charge in [-0.15, -0.1) is 0 Å². The third kappa shape index (κ3) is 7.26. The average Bonchev–Trinajstić information content (AvgIpc) is 2.72. The molecule has 10 heteroatoms. The number of hydrogen-bond acceptors (Lipinski definition) is 7. The van der Waals surface area contributed by atoms with Crippen LogP contribution in [0.25, 0.3) is 0 Å². The second-order valence-electron chi connectivity index (χ2n) is 11.2. The summed E-state index contributed by atoms with van der Waals surface area (Å²) >= 11 is 0. The molecule has 2 aromatic rings. The van der Waals surface area contributed by atoms with Crippen molar-refractivity contribution in [3.05, 3.63) is 59.7 Å². The van der Waals surface area contributed by atoms with Crippen LogP contribution in [-0.4, -0.2) is 43.5 Å². The van der Waals surface area contributed by atoms with E-state index in [4.69, 9.17) is 12.8 Å². The molecule has 1 unspecified atom stereocenters. The molecule has 0 amide bonds. The molecule has 0 radical (unpaired) electrons. The van der Waals surface area contributed by atoms with Gasteiger partial charge in [0.15, 0.2) is 8.32 Å². The molecule has 3 atom stereocenters. The largest absolute Gasteiger partial charge is 0.414 e. The fourth-order valence-electron chi connectivity index (χ4n) is 3.89. The maximum Gasteiger partial charge on any atom is 0.297 e. The summed E-state index contributed by atoms with van der Waals surface area (Å²) in [5.74, 6) is 0. The molecule has 7 nitrogen and oxygen atoms in total. The Morgan fingerprint density at radius 1 is 0.667 bits per heavy atom. The molecule has 2 aromatic carbocycles. The van der Waals surface area contributed by atoms with Gasteiger partial charge in [0.25, 0.3) is 20.2 Å². The summed E-state index contributed by atoms with van der Waals surface area (Å²) in [6.07, 6.45) is -1.16. The lowest BCUT2D eigenvalue weighted by molar-refractivity contribution is 0.00452. The van der Waals surface area contributed by atoms with Gasteiger partial charge in [-0.3, -0.25) is 8.37 Å². The van der Waals surface area contributed by atoms with Crippen LogP contribution in [0.5, 0.6) is 0 Å². The van der Waals surface area contributed by atoms with Crippen molar-refractivity contribution in [3.8, 4) is 0 Å². The minimum Gasteiger partial charge on any atom is -0.414 e. The predicted molar refractivity (Wildman–Crippen MR) is 142 cm³/mol. The molecule has 0 spiro atoms. The van der Waals surface area contributed by atoms with Gasteiger partial charge in [-0.2, -0.15) is 16.8 Å². The second kappa shape index (κ2) is 10.7. The van der Waals surface area contributed by atoms with Crippen LogP contribution in [-0.2, 0) is 33.0 Å². The number of benzene rings is 2. The van der Waals surface area contributed by atoms with Gasteiger partial charge in [0.1, 0.15) is 0 Å². The maximum atomic E-state index is 13.0.